The van der Waals surface area contributed by atoms with E-state index >= 15 is 0 Å². The van der Waals surface area contributed by atoms with Crippen LogP contribution in [-0.4, -0.2) is 46.0 Å². The normalized spacial score (nSPS) is 15.7. The van der Waals surface area contributed by atoms with Crippen molar-refractivity contribution >= 4 is 39.4 Å². The van der Waals surface area contributed by atoms with E-state index in [1.54, 1.807) is 55.1 Å². The van der Waals surface area contributed by atoms with Crippen molar-refractivity contribution in [1.82, 2.24) is 19.0 Å². The zero-order valence-electron chi connectivity index (χ0n) is 19.4. The molecule has 4 aromatic rings. The van der Waals surface area contributed by atoms with Crippen LogP contribution in [0.2, 0.25) is 5.02 Å². The van der Waals surface area contributed by atoms with Crippen molar-refractivity contribution in [2.45, 2.75) is 25.5 Å². The number of rotatable bonds is 6. The Bertz CT molecular complexity index is 1560. The van der Waals surface area contributed by atoms with E-state index in [4.69, 9.17) is 21.1 Å². The third kappa shape index (κ3) is 4.11. The SMILES string of the molecule is COc1ccc2c(c1)c1c(c(=O)n(-c3cccc(Cl)c3)c(=O)n1CC(=O)NC[C@H]1CCCO1)n2C. The standard InChI is InChI=1S/C25H25ClN4O5/c1-28-20-9-8-17(34-2)12-19(20)22-23(28)24(32)30(16-6-3-5-15(26)11-16)25(33)29(22)14-21(31)27-13-18-7-4-10-35-18/h3,5-6,8-9,11-12,18H,4,7,10,13-14H2,1-2H3,(H,27,31)/t18-/m1/s1. The van der Waals surface area contributed by atoms with Crippen molar-refractivity contribution in [2.24, 2.45) is 7.05 Å². The molecule has 0 aliphatic carbocycles. The van der Waals surface area contributed by atoms with E-state index in [0.29, 0.717) is 46.0 Å². The summed E-state index contributed by atoms with van der Waals surface area (Å²) in [6, 6.07) is 11.9. The minimum absolute atomic E-state index is 0.0297. The first kappa shape index (κ1) is 23.2. The Morgan fingerprint density at radius 3 is 2.74 bits per heavy atom. The predicted octanol–water partition coefficient (Wildman–Crippen LogP) is 2.60. The lowest BCUT2D eigenvalue weighted by Crippen LogP contribution is -2.43. The Kier molecular flexibility index (Phi) is 6.12. The van der Waals surface area contributed by atoms with Crippen molar-refractivity contribution < 1.29 is 14.3 Å². The Morgan fingerprint density at radius 1 is 1.20 bits per heavy atom. The summed E-state index contributed by atoms with van der Waals surface area (Å²) in [5, 5.41) is 3.89. The van der Waals surface area contributed by atoms with E-state index in [2.05, 4.69) is 5.32 Å². The van der Waals surface area contributed by atoms with Crippen LogP contribution in [0.4, 0.5) is 0 Å². The number of halogens is 1. The molecule has 1 saturated heterocycles. The molecule has 1 N–H and O–H groups in total. The fraction of sp³-hybridized carbons (Fsp3) is 0.320. The molecule has 10 heteroatoms. The van der Waals surface area contributed by atoms with Crippen molar-refractivity contribution in [1.29, 1.82) is 0 Å². The molecule has 0 saturated carbocycles. The smallest absolute Gasteiger partial charge is 0.336 e. The first-order valence-electron chi connectivity index (χ1n) is 11.3. The lowest BCUT2D eigenvalue weighted by Gasteiger charge is -2.15. The average Bonchev–Trinajstić information content (AvgIpc) is 3.47. The number of nitrogens with one attached hydrogen (secondary N) is 1. The zero-order valence-corrected chi connectivity index (χ0v) is 20.2. The Balaban J connectivity index is 1.73. The van der Waals surface area contributed by atoms with Crippen LogP contribution in [0, 0.1) is 0 Å². The fourth-order valence-electron chi connectivity index (χ4n) is 4.68. The van der Waals surface area contributed by atoms with Crippen LogP contribution in [0.3, 0.4) is 0 Å². The molecule has 5 rings (SSSR count). The third-order valence-corrected chi connectivity index (χ3v) is 6.63. The molecular weight excluding hydrogens is 472 g/mol. The van der Waals surface area contributed by atoms with Gasteiger partial charge in [-0.15, -0.1) is 0 Å². The highest BCUT2D eigenvalue weighted by Gasteiger charge is 2.23. The first-order chi connectivity index (χ1) is 16.9. The van der Waals surface area contributed by atoms with Gasteiger partial charge in [0, 0.05) is 30.6 Å². The number of carbonyl (C=O) groups excluding carboxylic acids is 1. The summed E-state index contributed by atoms with van der Waals surface area (Å²) >= 11 is 6.15. The fourth-order valence-corrected chi connectivity index (χ4v) is 4.86. The maximum Gasteiger partial charge on any atom is 0.336 e. The summed E-state index contributed by atoms with van der Waals surface area (Å²) < 4.78 is 15.1. The number of hydrogen-bond acceptors (Lipinski definition) is 5. The van der Waals surface area contributed by atoms with Gasteiger partial charge in [0.25, 0.3) is 5.56 Å². The Hall–Kier alpha value is -3.56. The minimum Gasteiger partial charge on any atom is -0.497 e. The van der Waals surface area contributed by atoms with E-state index in [9.17, 15) is 14.4 Å². The highest BCUT2D eigenvalue weighted by Crippen LogP contribution is 2.29. The van der Waals surface area contributed by atoms with Crippen LogP contribution in [0.25, 0.3) is 27.6 Å². The number of hydrogen-bond donors (Lipinski definition) is 1. The molecule has 1 fully saturated rings. The van der Waals surface area contributed by atoms with Crippen LogP contribution in [-0.2, 0) is 23.1 Å². The van der Waals surface area contributed by atoms with Gasteiger partial charge in [-0.3, -0.25) is 14.2 Å². The van der Waals surface area contributed by atoms with Crippen LogP contribution >= 0.6 is 11.6 Å². The summed E-state index contributed by atoms with van der Waals surface area (Å²) in [4.78, 5) is 40.4. The summed E-state index contributed by atoms with van der Waals surface area (Å²) in [5.74, 6) is 0.228. The van der Waals surface area contributed by atoms with Gasteiger partial charge in [-0.2, -0.15) is 0 Å². The molecule has 35 heavy (non-hydrogen) atoms. The maximum atomic E-state index is 13.8. The molecule has 1 aliphatic rings. The third-order valence-electron chi connectivity index (χ3n) is 6.40. The highest BCUT2D eigenvalue weighted by atomic mass is 35.5. The molecular formula is C25H25ClN4O5. The minimum atomic E-state index is -0.632. The molecule has 3 heterocycles. The van der Waals surface area contributed by atoms with Gasteiger partial charge in [-0.05, 0) is 49.2 Å². The number of amides is 1. The molecule has 2 aromatic carbocycles. The largest absolute Gasteiger partial charge is 0.497 e. The molecule has 1 amide bonds. The summed E-state index contributed by atoms with van der Waals surface area (Å²) in [6.45, 7) is 0.788. The van der Waals surface area contributed by atoms with E-state index in [1.165, 1.54) is 4.57 Å². The molecule has 9 nitrogen and oxygen atoms in total. The number of aryl methyl sites for hydroxylation is 1. The van der Waals surface area contributed by atoms with E-state index in [0.717, 1.165) is 22.9 Å². The van der Waals surface area contributed by atoms with Crippen LogP contribution in [0.15, 0.2) is 52.1 Å². The van der Waals surface area contributed by atoms with Gasteiger partial charge in [0.2, 0.25) is 5.91 Å². The van der Waals surface area contributed by atoms with Gasteiger partial charge in [0.1, 0.15) is 17.8 Å². The number of methoxy groups -OCH3 is 1. The summed E-state index contributed by atoms with van der Waals surface area (Å²) in [7, 11) is 3.30. The number of carbonyl (C=O) groups is 1. The van der Waals surface area contributed by atoms with Crippen LogP contribution in [0.1, 0.15) is 12.8 Å². The van der Waals surface area contributed by atoms with Gasteiger partial charge < -0.3 is 19.4 Å². The van der Waals surface area contributed by atoms with E-state index < -0.39 is 11.2 Å². The van der Waals surface area contributed by atoms with Crippen molar-refractivity contribution in [2.75, 3.05) is 20.3 Å². The molecule has 2 aromatic heterocycles. The number of benzene rings is 2. The van der Waals surface area contributed by atoms with Crippen molar-refractivity contribution in [3.63, 3.8) is 0 Å². The highest BCUT2D eigenvalue weighted by molar-refractivity contribution is 6.30. The second-order valence-corrected chi connectivity index (χ2v) is 9.00. The maximum absolute atomic E-state index is 13.8. The molecule has 0 radical (unpaired) electrons. The van der Waals surface area contributed by atoms with Gasteiger partial charge in [0.05, 0.1) is 29.9 Å². The number of nitrogens with zero attached hydrogens (tertiary/aromatic N) is 3. The van der Waals surface area contributed by atoms with Crippen molar-refractivity contribution in [3.05, 3.63) is 68.3 Å². The Morgan fingerprint density at radius 2 is 2.03 bits per heavy atom. The summed E-state index contributed by atoms with van der Waals surface area (Å²) in [5.41, 5.74) is 0.593. The number of aromatic nitrogens is 3. The van der Waals surface area contributed by atoms with Gasteiger partial charge in [-0.1, -0.05) is 17.7 Å². The molecule has 1 aliphatic heterocycles. The zero-order chi connectivity index (χ0) is 24.7. The van der Waals surface area contributed by atoms with Gasteiger partial charge >= 0.3 is 5.69 Å². The van der Waals surface area contributed by atoms with Gasteiger partial charge in [0.15, 0.2) is 0 Å². The Labute approximate surface area is 205 Å². The van der Waals surface area contributed by atoms with E-state index in [-0.39, 0.29) is 18.6 Å². The first-order valence-corrected chi connectivity index (χ1v) is 11.7. The topological polar surface area (TPSA) is 96.5 Å². The molecule has 0 unspecified atom stereocenters. The molecule has 0 bridgehead atoms. The quantitative estimate of drug-likeness (QED) is 0.442. The van der Waals surface area contributed by atoms with Crippen LogP contribution < -0.4 is 21.3 Å². The predicted molar refractivity (Wildman–Crippen MR) is 134 cm³/mol. The lowest BCUT2D eigenvalue weighted by molar-refractivity contribution is -0.122. The molecule has 0 spiro atoms. The van der Waals surface area contributed by atoms with E-state index in [1.807, 2.05) is 6.07 Å². The number of ether oxygens (including phenoxy) is 2. The monoisotopic (exact) mass is 496 g/mol. The van der Waals surface area contributed by atoms with Crippen LogP contribution in [0.5, 0.6) is 5.75 Å². The van der Waals surface area contributed by atoms with Crippen molar-refractivity contribution in [3.8, 4) is 11.4 Å². The van der Waals surface area contributed by atoms with Gasteiger partial charge in [-0.25, -0.2) is 9.36 Å². The molecule has 182 valence electrons. The number of fused-ring (bicyclic) bond motifs is 3. The average molecular weight is 497 g/mol. The summed E-state index contributed by atoms with van der Waals surface area (Å²) in [6.07, 6.45) is 1.81. The lowest BCUT2D eigenvalue weighted by atomic mass is 10.2. The second kappa shape index (κ2) is 9.24. The molecule has 1 atom stereocenters. The second-order valence-electron chi connectivity index (χ2n) is 8.57.